The van der Waals surface area contributed by atoms with Gasteiger partial charge in [-0.05, 0) is 30.9 Å². The van der Waals surface area contributed by atoms with Crippen molar-refractivity contribution in [2.24, 2.45) is 5.92 Å². The smallest absolute Gasteiger partial charge is 0.268 e. The molecule has 0 amide bonds. The molecule has 0 saturated carbocycles. The average molecular weight is 290 g/mol. The highest BCUT2D eigenvalue weighted by atomic mass is 32.2. The molecule has 2 rings (SSSR count). The fraction of sp³-hybridized carbons (Fsp3) is 0.500. The molecule has 1 aromatic carbocycles. The van der Waals surface area contributed by atoms with E-state index in [2.05, 4.69) is 4.72 Å². The Morgan fingerprint density at radius 3 is 2.79 bits per heavy atom. The van der Waals surface area contributed by atoms with Gasteiger partial charge in [-0.1, -0.05) is 13.0 Å². The van der Waals surface area contributed by atoms with Gasteiger partial charge < -0.3 is 0 Å². The zero-order chi connectivity index (χ0) is 14.0. The third-order valence-electron chi connectivity index (χ3n) is 3.15. The van der Waals surface area contributed by atoms with Crippen LogP contribution in [0.2, 0.25) is 0 Å². The molecule has 1 aliphatic rings. The van der Waals surface area contributed by atoms with Crippen LogP contribution in [0.3, 0.4) is 0 Å². The highest BCUT2D eigenvalue weighted by Crippen LogP contribution is 2.22. The first-order valence-electron chi connectivity index (χ1n) is 6.12. The van der Waals surface area contributed by atoms with Gasteiger partial charge in [-0.2, -0.15) is 12.7 Å². The van der Waals surface area contributed by atoms with Crippen LogP contribution in [-0.2, 0) is 10.2 Å². The highest BCUT2D eigenvalue weighted by molar-refractivity contribution is 7.90. The van der Waals surface area contributed by atoms with Gasteiger partial charge in [0, 0.05) is 13.1 Å². The van der Waals surface area contributed by atoms with Crippen LogP contribution in [0.25, 0.3) is 0 Å². The van der Waals surface area contributed by atoms with Crippen LogP contribution < -0.4 is 4.72 Å². The number of nitrogens with zero attached hydrogens (tertiary/aromatic N) is 1. The number of anilines is 1. The Bertz CT molecular complexity index is 563. The third kappa shape index (κ3) is 3.22. The van der Waals surface area contributed by atoms with Crippen molar-refractivity contribution in [2.75, 3.05) is 17.8 Å². The van der Waals surface area contributed by atoms with Gasteiger partial charge in [0.05, 0.1) is 5.69 Å². The summed E-state index contributed by atoms with van der Waals surface area (Å²) >= 11 is 0. The van der Waals surface area contributed by atoms with E-state index in [1.54, 1.807) is 0 Å². The first-order valence-corrected chi connectivity index (χ1v) is 7.56. The lowest BCUT2D eigenvalue weighted by Crippen LogP contribution is -2.42. The van der Waals surface area contributed by atoms with Gasteiger partial charge in [-0.15, -0.1) is 0 Å². The van der Waals surface area contributed by atoms with E-state index >= 15 is 0 Å². The maximum absolute atomic E-state index is 13.5. The zero-order valence-electron chi connectivity index (χ0n) is 10.6. The predicted molar refractivity (Wildman–Crippen MR) is 68.9 cm³/mol. The van der Waals surface area contributed by atoms with E-state index in [-0.39, 0.29) is 11.6 Å². The van der Waals surface area contributed by atoms with Gasteiger partial charge >= 0.3 is 10.2 Å². The molecule has 106 valence electrons. The largest absolute Gasteiger partial charge is 0.301 e. The maximum Gasteiger partial charge on any atom is 0.301 e. The average Bonchev–Trinajstić information content (AvgIpc) is 2.35. The summed E-state index contributed by atoms with van der Waals surface area (Å²) in [6.07, 6.45) is 1.74. The summed E-state index contributed by atoms with van der Waals surface area (Å²) in [4.78, 5) is 0. The zero-order valence-corrected chi connectivity index (χ0v) is 11.4. The van der Waals surface area contributed by atoms with Gasteiger partial charge in [-0.25, -0.2) is 8.78 Å². The molecule has 0 aliphatic carbocycles. The number of benzene rings is 1. The Hall–Kier alpha value is -1.21. The molecular formula is C12H16F2N2O2S. The lowest BCUT2D eigenvalue weighted by molar-refractivity contribution is 0.282. The fourth-order valence-electron chi connectivity index (χ4n) is 2.15. The predicted octanol–water partition coefficient (Wildman–Crippen LogP) is 2.35. The van der Waals surface area contributed by atoms with Crippen molar-refractivity contribution >= 4 is 15.9 Å². The van der Waals surface area contributed by atoms with Crippen molar-refractivity contribution in [2.45, 2.75) is 19.8 Å². The standard InChI is InChI=1S/C12H16F2N2O2S/c1-9-4-3-7-16(8-9)19(17,18)15-11-6-2-5-10(13)12(11)14/h2,5-6,9,15H,3-4,7-8H2,1H3. The second-order valence-electron chi connectivity index (χ2n) is 4.81. The second-order valence-corrected chi connectivity index (χ2v) is 6.48. The summed E-state index contributed by atoms with van der Waals surface area (Å²) in [5.74, 6) is -1.99. The molecule has 0 radical (unpaired) electrons. The van der Waals surface area contributed by atoms with Crippen LogP contribution in [0.15, 0.2) is 18.2 Å². The number of rotatable bonds is 3. The highest BCUT2D eigenvalue weighted by Gasteiger charge is 2.27. The van der Waals surface area contributed by atoms with E-state index in [1.165, 1.54) is 16.4 Å². The van der Waals surface area contributed by atoms with E-state index in [4.69, 9.17) is 0 Å². The molecule has 1 heterocycles. The van der Waals surface area contributed by atoms with Crippen LogP contribution in [0.4, 0.5) is 14.5 Å². The van der Waals surface area contributed by atoms with E-state index in [0.29, 0.717) is 13.1 Å². The van der Waals surface area contributed by atoms with Crippen molar-refractivity contribution in [1.29, 1.82) is 0 Å². The SMILES string of the molecule is CC1CCCN(S(=O)(=O)Nc2cccc(F)c2F)C1. The van der Waals surface area contributed by atoms with Crippen LogP contribution in [0.5, 0.6) is 0 Å². The van der Waals surface area contributed by atoms with Gasteiger partial charge in [0.25, 0.3) is 0 Å². The molecule has 0 spiro atoms. The van der Waals surface area contributed by atoms with Gasteiger partial charge in [0.1, 0.15) is 0 Å². The number of nitrogens with one attached hydrogen (secondary N) is 1. The third-order valence-corrected chi connectivity index (χ3v) is 4.64. The van der Waals surface area contributed by atoms with Crippen molar-refractivity contribution in [3.8, 4) is 0 Å². The number of piperidine rings is 1. The topological polar surface area (TPSA) is 49.4 Å². The molecule has 1 aromatic rings. The lowest BCUT2D eigenvalue weighted by atomic mass is 10.0. The molecule has 1 saturated heterocycles. The fourth-order valence-corrected chi connectivity index (χ4v) is 3.54. The Kier molecular flexibility index (Phi) is 4.05. The monoisotopic (exact) mass is 290 g/mol. The number of hydrogen-bond acceptors (Lipinski definition) is 2. The summed E-state index contributed by atoms with van der Waals surface area (Å²) in [7, 11) is -3.83. The minimum atomic E-state index is -3.83. The molecule has 1 fully saturated rings. The normalized spacial score (nSPS) is 21.3. The quantitative estimate of drug-likeness (QED) is 0.929. The van der Waals surface area contributed by atoms with E-state index in [1.807, 2.05) is 6.92 Å². The van der Waals surface area contributed by atoms with E-state index in [0.717, 1.165) is 18.9 Å². The summed E-state index contributed by atoms with van der Waals surface area (Å²) in [6, 6.07) is 3.40. The molecule has 1 aliphatic heterocycles. The van der Waals surface area contributed by atoms with Gasteiger partial charge in [0.15, 0.2) is 11.6 Å². The Labute approximate surface area is 111 Å². The minimum absolute atomic E-state index is 0.266. The Morgan fingerprint density at radius 1 is 1.37 bits per heavy atom. The summed E-state index contributed by atoms with van der Waals surface area (Å²) in [6.45, 7) is 2.76. The minimum Gasteiger partial charge on any atom is -0.268 e. The van der Waals surface area contributed by atoms with Crippen LogP contribution in [0, 0.1) is 17.6 Å². The first-order chi connectivity index (χ1) is 8.90. The second kappa shape index (κ2) is 5.42. The van der Waals surface area contributed by atoms with Crippen LogP contribution >= 0.6 is 0 Å². The Morgan fingerprint density at radius 2 is 2.11 bits per heavy atom. The molecular weight excluding hydrogens is 274 g/mol. The van der Waals surface area contributed by atoms with Gasteiger partial charge in [0.2, 0.25) is 0 Å². The van der Waals surface area contributed by atoms with Gasteiger partial charge in [-0.3, -0.25) is 4.72 Å². The molecule has 0 bridgehead atoms. The van der Waals surface area contributed by atoms with Crippen molar-refractivity contribution in [3.63, 3.8) is 0 Å². The molecule has 4 nitrogen and oxygen atoms in total. The molecule has 1 atom stereocenters. The van der Waals surface area contributed by atoms with E-state index in [9.17, 15) is 17.2 Å². The summed E-state index contributed by atoms with van der Waals surface area (Å²) < 4.78 is 54.0. The van der Waals surface area contributed by atoms with Crippen molar-refractivity contribution in [1.82, 2.24) is 4.31 Å². The Balaban J connectivity index is 2.19. The lowest BCUT2D eigenvalue weighted by Gasteiger charge is -2.30. The maximum atomic E-state index is 13.5. The number of halogens is 2. The summed E-state index contributed by atoms with van der Waals surface area (Å²) in [5.41, 5.74) is -0.363. The number of hydrogen-bond donors (Lipinski definition) is 1. The molecule has 1 unspecified atom stereocenters. The first kappa shape index (κ1) is 14.2. The van der Waals surface area contributed by atoms with Crippen molar-refractivity contribution < 1.29 is 17.2 Å². The summed E-state index contributed by atoms with van der Waals surface area (Å²) in [5, 5.41) is 0. The molecule has 19 heavy (non-hydrogen) atoms. The molecule has 1 N–H and O–H groups in total. The van der Waals surface area contributed by atoms with Crippen LogP contribution in [-0.4, -0.2) is 25.8 Å². The molecule has 0 aromatic heterocycles. The van der Waals surface area contributed by atoms with Crippen molar-refractivity contribution in [3.05, 3.63) is 29.8 Å². The van der Waals surface area contributed by atoms with E-state index < -0.39 is 21.8 Å². The molecule has 7 heteroatoms. The van der Waals surface area contributed by atoms with Crippen LogP contribution in [0.1, 0.15) is 19.8 Å².